The molecule has 0 amide bonds. The lowest BCUT2D eigenvalue weighted by Gasteiger charge is -2.15. The van der Waals surface area contributed by atoms with Crippen molar-refractivity contribution < 1.29 is 18.9 Å². The van der Waals surface area contributed by atoms with Crippen LogP contribution in [0.15, 0.2) is 97.2 Å². The minimum absolute atomic E-state index is 0.510. The Morgan fingerprint density at radius 3 is 1.02 bits per heavy atom. The fourth-order valence-electron chi connectivity index (χ4n) is 4.00. The minimum Gasteiger partial charge on any atom is -0.493 e. The fourth-order valence-corrected chi connectivity index (χ4v) is 4.00. The minimum atomic E-state index is 0.510. The number of hydrogen-bond donors (Lipinski definition) is 0. The Bertz CT molecular complexity index is 1240. The zero-order valence-electron chi connectivity index (χ0n) is 31.0. The third-order valence-electron chi connectivity index (χ3n) is 8.42. The number of rotatable bonds is 23. The van der Waals surface area contributed by atoms with E-state index in [-0.39, 0.29) is 0 Å². The summed E-state index contributed by atoms with van der Waals surface area (Å²) in [4.78, 5) is 0. The van der Waals surface area contributed by atoms with E-state index in [2.05, 4.69) is 79.7 Å². The molecule has 4 atom stereocenters. The molecule has 0 saturated heterocycles. The van der Waals surface area contributed by atoms with E-state index in [0.29, 0.717) is 50.1 Å². The molecule has 0 unspecified atom stereocenters. The lowest BCUT2D eigenvalue weighted by molar-refractivity contribution is 0.249. The molecule has 0 radical (unpaired) electrons. The van der Waals surface area contributed by atoms with Crippen molar-refractivity contribution in [1.82, 2.24) is 0 Å². The van der Waals surface area contributed by atoms with E-state index in [0.717, 1.165) is 59.8 Å². The van der Waals surface area contributed by atoms with Crippen LogP contribution in [-0.2, 0) is 0 Å². The summed E-state index contributed by atoms with van der Waals surface area (Å²) in [6, 6.07) is 12.2. The molecule has 262 valence electrons. The highest BCUT2D eigenvalue weighted by Gasteiger charge is 2.09. The van der Waals surface area contributed by atoms with E-state index in [1.165, 1.54) is 0 Å². The van der Waals surface area contributed by atoms with Crippen molar-refractivity contribution >= 4 is 12.2 Å². The maximum Gasteiger partial charge on any atom is 0.126 e. The standard InChI is InChI=1S/C44H62O4/c1-9-35(5)31-45-41-25-27-43(47-33-37(7)11-3)39(29-41)23-21-19-17-15-13-14-16-18-20-22-24-40-30-42(46-32-36(6)10-2)26-28-44(40)48-34-38(8)12-4/h13-30,35-38H,9-12,31-34H2,1-8H3/b15-13+,16-14+,19-17+,20-18+,23-21+,24-22+/t35-,36-,37-,38-/m0/s1. The molecule has 2 aromatic rings. The first-order chi connectivity index (χ1) is 23.3. The van der Waals surface area contributed by atoms with Crippen LogP contribution in [0.2, 0.25) is 0 Å². The molecular weight excluding hydrogens is 592 g/mol. The molecule has 2 rings (SSSR count). The smallest absolute Gasteiger partial charge is 0.126 e. The van der Waals surface area contributed by atoms with Crippen LogP contribution in [0.5, 0.6) is 23.0 Å². The van der Waals surface area contributed by atoms with Crippen molar-refractivity contribution in [3.63, 3.8) is 0 Å². The van der Waals surface area contributed by atoms with Gasteiger partial charge in [-0.05, 0) is 60.1 Å². The van der Waals surface area contributed by atoms with Crippen LogP contribution in [0, 0.1) is 23.7 Å². The topological polar surface area (TPSA) is 36.9 Å². The second kappa shape index (κ2) is 24.3. The monoisotopic (exact) mass is 654 g/mol. The summed E-state index contributed by atoms with van der Waals surface area (Å²) in [6.45, 7) is 20.4. The largest absolute Gasteiger partial charge is 0.493 e. The maximum atomic E-state index is 6.15. The molecule has 0 spiro atoms. The van der Waals surface area contributed by atoms with Gasteiger partial charge < -0.3 is 18.9 Å². The third kappa shape index (κ3) is 16.8. The van der Waals surface area contributed by atoms with Gasteiger partial charge in [0.05, 0.1) is 26.4 Å². The van der Waals surface area contributed by atoms with E-state index < -0.39 is 0 Å². The molecule has 0 fully saturated rings. The van der Waals surface area contributed by atoms with E-state index in [1.54, 1.807) is 0 Å². The second-order valence-corrected chi connectivity index (χ2v) is 13.0. The number of hydrogen-bond acceptors (Lipinski definition) is 4. The van der Waals surface area contributed by atoms with Gasteiger partial charge in [-0.25, -0.2) is 0 Å². The molecule has 0 bridgehead atoms. The van der Waals surface area contributed by atoms with Gasteiger partial charge in [0.2, 0.25) is 0 Å². The molecule has 4 heteroatoms. The Kier molecular flexibility index (Phi) is 20.3. The van der Waals surface area contributed by atoms with Gasteiger partial charge in [0.25, 0.3) is 0 Å². The maximum absolute atomic E-state index is 6.15. The van der Waals surface area contributed by atoms with Crippen molar-refractivity contribution in [2.24, 2.45) is 23.7 Å². The SMILES string of the molecule is CC[C@H](C)COc1ccc(OC[C@@H](C)CC)c(/C=C/C=C/C=C/C=C/C=C/C=C/c2cc(OC[C@@H](C)CC)ccc2OC[C@@H](C)CC)c1. The van der Waals surface area contributed by atoms with Crippen LogP contribution in [0.3, 0.4) is 0 Å². The highest BCUT2D eigenvalue weighted by atomic mass is 16.5. The molecule has 0 heterocycles. The summed E-state index contributed by atoms with van der Waals surface area (Å²) in [5.74, 6) is 5.58. The van der Waals surface area contributed by atoms with E-state index in [1.807, 2.05) is 85.0 Å². The van der Waals surface area contributed by atoms with Crippen LogP contribution in [0.4, 0.5) is 0 Å². The molecule has 4 nitrogen and oxygen atoms in total. The number of ether oxygens (including phenoxy) is 4. The van der Waals surface area contributed by atoms with Gasteiger partial charge in [-0.2, -0.15) is 0 Å². The van der Waals surface area contributed by atoms with Gasteiger partial charge in [-0.3, -0.25) is 0 Å². The summed E-state index contributed by atoms with van der Waals surface area (Å²) in [7, 11) is 0. The quantitative estimate of drug-likeness (QED) is 0.112. The highest BCUT2D eigenvalue weighted by Crippen LogP contribution is 2.28. The van der Waals surface area contributed by atoms with Crippen molar-refractivity contribution in [2.45, 2.75) is 81.1 Å². The van der Waals surface area contributed by atoms with E-state index in [4.69, 9.17) is 18.9 Å². The second-order valence-electron chi connectivity index (χ2n) is 13.0. The van der Waals surface area contributed by atoms with Crippen molar-refractivity contribution in [2.75, 3.05) is 26.4 Å². The van der Waals surface area contributed by atoms with E-state index >= 15 is 0 Å². The Labute approximate surface area is 292 Å². The molecule has 0 aliphatic rings. The summed E-state index contributed by atoms with van der Waals surface area (Å²) in [5, 5.41) is 0. The molecule has 0 aliphatic carbocycles. The molecule has 0 N–H and O–H groups in total. The normalized spacial score (nSPS) is 14.9. The summed E-state index contributed by atoms with van der Waals surface area (Å²) in [6.07, 6.45) is 28.8. The van der Waals surface area contributed by atoms with Gasteiger partial charge in [0, 0.05) is 11.1 Å². The summed E-state index contributed by atoms with van der Waals surface area (Å²) in [5.41, 5.74) is 2.04. The Morgan fingerprint density at radius 2 is 0.708 bits per heavy atom. The summed E-state index contributed by atoms with van der Waals surface area (Å²) < 4.78 is 24.4. The summed E-state index contributed by atoms with van der Waals surface area (Å²) >= 11 is 0. The predicted molar refractivity (Wildman–Crippen MR) is 207 cm³/mol. The molecule has 0 saturated carbocycles. The van der Waals surface area contributed by atoms with Crippen LogP contribution in [-0.4, -0.2) is 26.4 Å². The zero-order chi connectivity index (χ0) is 35.0. The molecule has 48 heavy (non-hydrogen) atoms. The first-order valence-corrected chi connectivity index (χ1v) is 18.1. The van der Waals surface area contributed by atoms with Gasteiger partial charge in [-0.1, -0.05) is 154 Å². The van der Waals surface area contributed by atoms with Crippen LogP contribution in [0.25, 0.3) is 12.2 Å². The van der Waals surface area contributed by atoms with Crippen LogP contribution >= 0.6 is 0 Å². The van der Waals surface area contributed by atoms with Gasteiger partial charge in [-0.15, -0.1) is 0 Å². The Balaban J connectivity index is 1.98. The zero-order valence-corrected chi connectivity index (χ0v) is 31.0. The third-order valence-corrected chi connectivity index (χ3v) is 8.42. The Morgan fingerprint density at radius 1 is 0.417 bits per heavy atom. The first kappa shape index (κ1) is 40.3. The molecular formula is C44H62O4. The average Bonchev–Trinajstić information content (AvgIpc) is 3.11. The van der Waals surface area contributed by atoms with Gasteiger partial charge in [0.1, 0.15) is 23.0 Å². The van der Waals surface area contributed by atoms with Gasteiger partial charge >= 0.3 is 0 Å². The van der Waals surface area contributed by atoms with Crippen molar-refractivity contribution in [1.29, 1.82) is 0 Å². The Hall–Kier alpha value is -3.92. The molecule has 0 aliphatic heterocycles. The lowest BCUT2D eigenvalue weighted by atomic mass is 10.1. The van der Waals surface area contributed by atoms with E-state index in [9.17, 15) is 0 Å². The fraction of sp³-hybridized carbons (Fsp3) is 0.455. The first-order valence-electron chi connectivity index (χ1n) is 18.1. The lowest BCUT2D eigenvalue weighted by Crippen LogP contribution is -2.09. The number of allylic oxidation sites excluding steroid dienone is 10. The van der Waals surface area contributed by atoms with Crippen molar-refractivity contribution in [3.05, 3.63) is 108 Å². The van der Waals surface area contributed by atoms with Gasteiger partial charge in [0.15, 0.2) is 0 Å². The average molecular weight is 655 g/mol. The number of benzene rings is 2. The van der Waals surface area contributed by atoms with Crippen molar-refractivity contribution in [3.8, 4) is 23.0 Å². The molecule has 0 aromatic heterocycles. The highest BCUT2D eigenvalue weighted by molar-refractivity contribution is 5.61. The van der Waals surface area contributed by atoms with Crippen LogP contribution in [0.1, 0.15) is 92.2 Å². The predicted octanol–water partition coefficient (Wildman–Crippen LogP) is 12.3. The van der Waals surface area contributed by atoms with Crippen LogP contribution < -0.4 is 18.9 Å². The molecule has 2 aromatic carbocycles.